The van der Waals surface area contributed by atoms with Gasteiger partial charge in [-0.25, -0.2) is 14.9 Å². The number of H-pyrrole nitrogens is 1. The number of halogens is 2. The predicted molar refractivity (Wildman–Crippen MR) is 115 cm³/mol. The summed E-state index contributed by atoms with van der Waals surface area (Å²) in [4.78, 5) is 16.3. The molecule has 0 saturated carbocycles. The second-order valence-electron chi connectivity index (χ2n) is 6.72. The van der Waals surface area contributed by atoms with Gasteiger partial charge in [0.2, 0.25) is 0 Å². The molecule has 2 aromatic carbocycles. The summed E-state index contributed by atoms with van der Waals surface area (Å²) in [5.41, 5.74) is 4.40. The fraction of sp³-hybridized carbons (Fsp3) is 0.143. The highest BCUT2D eigenvalue weighted by atomic mass is 35.5. The van der Waals surface area contributed by atoms with Crippen molar-refractivity contribution in [2.24, 2.45) is 0 Å². The molecule has 0 radical (unpaired) electrons. The SMILES string of the molecule is Cc1cc(-c2cccc(Cl)n2)c(C)cc1OCc1c(Cl)cccc1-n1nn[nH]c1=O. The number of aryl methyl sites for hydroxylation is 2. The number of benzene rings is 2. The molecule has 0 spiro atoms. The first-order valence-corrected chi connectivity index (χ1v) is 9.85. The second-order valence-corrected chi connectivity index (χ2v) is 7.52. The van der Waals surface area contributed by atoms with Gasteiger partial charge in [-0.2, -0.15) is 4.68 Å². The van der Waals surface area contributed by atoms with E-state index in [4.69, 9.17) is 27.9 Å². The van der Waals surface area contributed by atoms with Crippen molar-refractivity contribution in [1.29, 1.82) is 0 Å². The van der Waals surface area contributed by atoms with Crippen molar-refractivity contribution >= 4 is 23.2 Å². The molecule has 0 amide bonds. The van der Waals surface area contributed by atoms with E-state index in [0.717, 1.165) is 27.1 Å². The van der Waals surface area contributed by atoms with E-state index in [1.807, 2.05) is 38.1 Å². The highest BCUT2D eigenvalue weighted by Gasteiger charge is 2.15. The first kappa shape index (κ1) is 20.1. The van der Waals surface area contributed by atoms with E-state index < -0.39 is 5.69 Å². The highest BCUT2D eigenvalue weighted by molar-refractivity contribution is 6.31. The van der Waals surface area contributed by atoms with Crippen molar-refractivity contribution in [2.75, 3.05) is 0 Å². The summed E-state index contributed by atoms with van der Waals surface area (Å²) in [6.45, 7) is 4.10. The summed E-state index contributed by atoms with van der Waals surface area (Å²) in [7, 11) is 0. The molecule has 7 nitrogen and oxygen atoms in total. The van der Waals surface area contributed by atoms with Crippen LogP contribution in [0, 0.1) is 13.8 Å². The van der Waals surface area contributed by atoms with Gasteiger partial charge in [-0.3, -0.25) is 0 Å². The van der Waals surface area contributed by atoms with Crippen molar-refractivity contribution in [3.8, 4) is 22.7 Å². The lowest BCUT2D eigenvalue weighted by atomic mass is 10.0. The Hall–Kier alpha value is -3.16. The van der Waals surface area contributed by atoms with Gasteiger partial charge in [-0.1, -0.05) is 35.3 Å². The number of nitrogens with zero attached hydrogens (tertiary/aromatic N) is 4. The van der Waals surface area contributed by atoms with Crippen LogP contribution >= 0.6 is 23.2 Å². The van der Waals surface area contributed by atoms with Crippen LogP contribution < -0.4 is 10.4 Å². The van der Waals surface area contributed by atoms with Crippen LogP contribution in [-0.2, 0) is 6.61 Å². The first-order chi connectivity index (χ1) is 14.4. The zero-order chi connectivity index (χ0) is 21.3. The molecule has 152 valence electrons. The van der Waals surface area contributed by atoms with E-state index in [-0.39, 0.29) is 6.61 Å². The van der Waals surface area contributed by atoms with Gasteiger partial charge < -0.3 is 4.74 Å². The van der Waals surface area contributed by atoms with E-state index in [1.165, 1.54) is 0 Å². The molecule has 0 aliphatic carbocycles. The van der Waals surface area contributed by atoms with Crippen molar-refractivity contribution < 1.29 is 4.74 Å². The van der Waals surface area contributed by atoms with Crippen molar-refractivity contribution in [2.45, 2.75) is 20.5 Å². The lowest BCUT2D eigenvalue weighted by Gasteiger charge is -2.15. The topological polar surface area (TPSA) is 85.7 Å². The minimum Gasteiger partial charge on any atom is -0.488 e. The molecular formula is C21H17Cl2N5O2. The molecule has 0 fully saturated rings. The van der Waals surface area contributed by atoms with E-state index in [9.17, 15) is 4.79 Å². The number of hydrogen-bond donors (Lipinski definition) is 1. The van der Waals surface area contributed by atoms with Crippen molar-refractivity contribution in [3.05, 3.63) is 85.9 Å². The minimum atomic E-state index is -0.455. The van der Waals surface area contributed by atoms with Crippen LogP contribution in [0.5, 0.6) is 5.75 Å². The number of rotatable bonds is 5. The fourth-order valence-corrected chi connectivity index (χ4v) is 3.56. The standard InChI is InChI=1S/C21H17Cl2N5O2/c1-12-10-19(13(2)9-14(12)17-6-4-8-20(23)24-17)30-11-15-16(22)5-3-7-18(15)28-21(29)25-26-27-28/h3-10H,11H2,1-2H3,(H,25,27,29). The average molecular weight is 442 g/mol. The van der Waals surface area contributed by atoms with Gasteiger partial charge in [0.25, 0.3) is 0 Å². The summed E-state index contributed by atoms with van der Waals surface area (Å²) in [6, 6.07) is 14.7. The molecule has 9 heteroatoms. The maximum atomic E-state index is 11.9. The molecule has 0 saturated heterocycles. The Morgan fingerprint density at radius 3 is 2.60 bits per heavy atom. The number of ether oxygens (including phenoxy) is 1. The quantitative estimate of drug-likeness (QED) is 0.460. The van der Waals surface area contributed by atoms with Gasteiger partial charge in [-0.15, -0.1) is 0 Å². The smallest absolute Gasteiger partial charge is 0.365 e. The molecule has 4 aromatic rings. The van der Waals surface area contributed by atoms with Crippen LogP contribution in [-0.4, -0.2) is 25.2 Å². The Bertz CT molecular complexity index is 1280. The van der Waals surface area contributed by atoms with Crippen LogP contribution in [0.1, 0.15) is 16.7 Å². The van der Waals surface area contributed by atoms with Crippen LogP contribution in [0.3, 0.4) is 0 Å². The van der Waals surface area contributed by atoms with Crippen LogP contribution in [0.25, 0.3) is 16.9 Å². The molecule has 0 aliphatic rings. The summed E-state index contributed by atoms with van der Waals surface area (Å²) in [5.74, 6) is 0.705. The van der Waals surface area contributed by atoms with Crippen molar-refractivity contribution in [1.82, 2.24) is 25.2 Å². The van der Waals surface area contributed by atoms with Crippen LogP contribution in [0.2, 0.25) is 10.2 Å². The molecule has 0 aliphatic heterocycles. The lowest BCUT2D eigenvalue weighted by Crippen LogP contribution is -2.18. The Labute approximate surface area is 182 Å². The zero-order valence-corrected chi connectivity index (χ0v) is 17.7. The van der Waals surface area contributed by atoms with E-state index >= 15 is 0 Å². The average Bonchev–Trinajstić information content (AvgIpc) is 3.14. The molecule has 0 atom stereocenters. The third-order valence-electron chi connectivity index (χ3n) is 4.68. The van der Waals surface area contributed by atoms with E-state index in [2.05, 4.69) is 20.5 Å². The van der Waals surface area contributed by atoms with Gasteiger partial charge in [0.05, 0.1) is 11.4 Å². The normalized spacial score (nSPS) is 10.9. The van der Waals surface area contributed by atoms with Gasteiger partial charge in [-0.05, 0) is 71.8 Å². The number of aromatic amines is 1. The number of aromatic nitrogens is 5. The number of nitrogens with one attached hydrogen (secondary N) is 1. The second kappa shape index (κ2) is 8.30. The fourth-order valence-electron chi connectivity index (χ4n) is 3.17. The lowest BCUT2D eigenvalue weighted by molar-refractivity contribution is 0.303. The molecule has 4 rings (SSSR count). The molecule has 2 aromatic heterocycles. The summed E-state index contributed by atoms with van der Waals surface area (Å²) < 4.78 is 7.22. The maximum Gasteiger partial charge on any atom is 0.365 e. The van der Waals surface area contributed by atoms with Gasteiger partial charge in [0.15, 0.2) is 0 Å². The Morgan fingerprint density at radius 1 is 1.07 bits per heavy atom. The molecule has 1 N–H and O–H groups in total. The Morgan fingerprint density at radius 2 is 1.87 bits per heavy atom. The molecular weight excluding hydrogens is 425 g/mol. The van der Waals surface area contributed by atoms with Crippen LogP contribution in [0.4, 0.5) is 0 Å². The molecule has 0 unspecified atom stereocenters. The summed E-state index contributed by atoms with van der Waals surface area (Å²) in [5, 5.41) is 10.5. The van der Waals surface area contributed by atoms with Crippen LogP contribution in [0.15, 0.2) is 53.3 Å². The first-order valence-electron chi connectivity index (χ1n) is 9.09. The van der Waals surface area contributed by atoms with E-state index in [0.29, 0.717) is 27.2 Å². The Balaban J connectivity index is 1.65. The van der Waals surface area contributed by atoms with Gasteiger partial charge >= 0.3 is 5.69 Å². The number of hydrogen-bond acceptors (Lipinski definition) is 5. The third-order valence-corrected chi connectivity index (χ3v) is 5.24. The van der Waals surface area contributed by atoms with Gasteiger partial charge in [0, 0.05) is 16.1 Å². The van der Waals surface area contributed by atoms with Gasteiger partial charge in [0.1, 0.15) is 17.5 Å². The number of pyridine rings is 1. The number of tetrazole rings is 1. The monoisotopic (exact) mass is 441 g/mol. The maximum absolute atomic E-state index is 11.9. The van der Waals surface area contributed by atoms with E-state index in [1.54, 1.807) is 24.3 Å². The zero-order valence-electron chi connectivity index (χ0n) is 16.2. The predicted octanol–water partition coefficient (Wildman–Crippen LogP) is 4.52. The largest absolute Gasteiger partial charge is 0.488 e. The summed E-state index contributed by atoms with van der Waals surface area (Å²) in [6.07, 6.45) is 0. The molecule has 30 heavy (non-hydrogen) atoms. The Kier molecular flexibility index (Phi) is 5.57. The molecule has 2 heterocycles. The highest BCUT2D eigenvalue weighted by Crippen LogP contribution is 2.31. The molecule has 0 bridgehead atoms. The summed E-state index contributed by atoms with van der Waals surface area (Å²) >= 11 is 12.4. The minimum absolute atomic E-state index is 0.156. The van der Waals surface area contributed by atoms with Crippen molar-refractivity contribution in [3.63, 3.8) is 0 Å². The third kappa shape index (κ3) is 3.94.